The SMILES string of the molecule is CCC1CC(C)=Nc2c(N)nc3cc(Cl)ccc3c2NCC1(C)CO. The second-order valence-electron chi connectivity index (χ2n) is 7.20. The van der Waals surface area contributed by atoms with Crippen molar-refractivity contribution in [2.75, 3.05) is 24.2 Å². The monoisotopic (exact) mass is 360 g/mol. The average molecular weight is 361 g/mol. The largest absolute Gasteiger partial charge is 0.396 e. The lowest BCUT2D eigenvalue weighted by Gasteiger charge is -2.36. The first kappa shape index (κ1) is 18.0. The van der Waals surface area contributed by atoms with E-state index in [0.29, 0.717) is 29.0 Å². The number of nitrogens with two attached hydrogens (primary N) is 1. The maximum Gasteiger partial charge on any atom is 0.152 e. The van der Waals surface area contributed by atoms with Crippen LogP contribution in [-0.4, -0.2) is 29.0 Å². The zero-order valence-corrected chi connectivity index (χ0v) is 15.7. The lowest BCUT2D eigenvalue weighted by Crippen LogP contribution is -2.38. The Morgan fingerprint density at radius 1 is 1.44 bits per heavy atom. The second-order valence-corrected chi connectivity index (χ2v) is 7.64. The Balaban J connectivity index is 2.21. The topological polar surface area (TPSA) is 83.5 Å². The summed E-state index contributed by atoms with van der Waals surface area (Å²) in [6, 6.07) is 5.58. The quantitative estimate of drug-likeness (QED) is 0.741. The molecule has 5 nitrogen and oxygen atoms in total. The Hall–Kier alpha value is -1.85. The smallest absolute Gasteiger partial charge is 0.152 e. The fraction of sp³-hybridized carbons (Fsp3) is 0.474. The molecule has 0 spiro atoms. The molecule has 2 atom stereocenters. The fourth-order valence-electron chi connectivity index (χ4n) is 3.64. The lowest BCUT2D eigenvalue weighted by molar-refractivity contribution is 0.0908. The van der Waals surface area contributed by atoms with Crippen LogP contribution >= 0.6 is 11.6 Å². The normalized spacial score (nSPS) is 23.9. The van der Waals surface area contributed by atoms with Crippen LogP contribution in [0.25, 0.3) is 10.9 Å². The molecule has 25 heavy (non-hydrogen) atoms. The van der Waals surface area contributed by atoms with Crippen molar-refractivity contribution in [1.82, 2.24) is 4.98 Å². The summed E-state index contributed by atoms with van der Waals surface area (Å²) in [6.07, 6.45) is 1.80. The number of aliphatic imine (C=N–C) groups is 1. The molecule has 2 aromatic rings. The predicted octanol–water partition coefficient (Wildman–Crippen LogP) is 4.40. The Labute approximate surface area is 153 Å². The number of aromatic nitrogens is 1. The first-order valence-corrected chi connectivity index (χ1v) is 9.03. The molecule has 1 aromatic heterocycles. The van der Waals surface area contributed by atoms with Gasteiger partial charge >= 0.3 is 0 Å². The second kappa shape index (κ2) is 6.81. The summed E-state index contributed by atoms with van der Waals surface area (Å²) in [5.41, 5.74) is 9.22. The van der Waals surface area contributed by atoms with Crippen molar-refractivity contribution in [3.05, 3.63) is 23.2 Å². The van der Waals surface area contributed by atoms with Crippen LogP contribution in [0, 0.1) is 11.3 Å². The molecular formula is C19H25ClN4O. The van der Waals surface area contributed by atoms with Gasteiger partial charge < -0.3 is 16.2 Å². The molecule has 134 valence electrons. The molecule has 2 unspecified atom stereocenters. The van der Waals surface area contributed by atoms with Crippen molar-refractivity contribution in [1.29, 1.82) is 0 Å². The van der Waals surface area contributed by atoms with Crippen LogP contribution in [0.5, 0.6) is 0 Å². The number of halogens is 1. The summed E-state index contributed by atoms with van der Waals surface area (Å²) in [6.45, 7) is 7.05. The summed E-state index contributed by atoms with van der Waals surface area (Å²) in [5, 5.41) is 15.1. The van der Waals surface area contributed by atoms with Gasteiger partial charge in [0, 0.05) is 28.1 Å². The van der Waals surface area contributed by atoms with Crippen molar-refractivity contribution in [2.24, 2.45) is 16.3 Å². The van der Waals surface area contributed by atoms with Crippen LogP contribution in [0.4, 0.5) is 17.2 Å². The van der Waals surface area contributed by atoms with E-state index in [2.05, 4.69) is 24.1 Å². The molecule has 0 radical (unpaired) electrons. The van der Waals surface area contributed by atoms with Gasteiger partial charge in [0.1, 0.15) is 5.69 Å². The molecule has 0 saturated carbocycles. The van der Waals surface area contributed by atoms with Gasteiger partial charge in [-0.05, 0) is 37.5 Å². The molecule has 0 saturated heterocycles. The molecule has 2 heterocycles. The molecule has 0 fully saturated rings. The standard InChI is InChI=1S/C19H25ClN4O/c1-4-12-7-11(2)23-17-16(22-9-19(12,3)10-25)14-6-5-13(20)8-15(14)24-18(17)21/h5-6,8,12,22,25H,4,7,9-10H2,1-3H3,(H2,21,24). The van der Waals surface area contributed by atoms with E-state index in [4.69, 9.17) is 22.3 Å². The third-order valence-corrected chi connectivity index (χ3v) is 5.54. The number of rotatable bonds is 2. The zero-order chi connectivity index (χ0) is 18.2. The maximum atomic E-state index is 10.1. The highest BCUT2D eigenvalue weighted by molar-refractivity contribution is 6.31. The molecule has 4 N–H and O–H groups in total. The summed E-state index contributed by atoms with van der Waals surface area (Å²) >= 11 is 6.11. The number of benzene rings is 1. The van der Waals surface area contributed by atoms with E-state index >= 15 is 0 Å². The van der Waals surface area contributed by atoms with E-state index in [-0.39, 0.29) is 12.0 Å². The highest BCUT2D eigenvalue weighted by Crippen LogP contribution is 2.42. The van der Waals surface area contributed by atoms with Gasteiger partial charge in [-0.1, -0.05) is 31.9 Å². The summed E-state index contributed by atoms with van der Waals surface area (Å²) in [5.74, 6) is 0.718. The van der Waals surface area contributed by atoms with Crippen LogP contribution in [-0.2, 0) is 0 Å². The van der Waals surface area contributed by atoms with Crippen LogP contribution in [0.15, 0.2) is 23.2 Å². The van der Waals surface area contributed by atoms with Crippen LogP contribution in [0.2, 0.25) is 5.02 Å². The van der Waals surface area contributed by atoms with Gasteiger partial charge in [-0.25, -0.2) is 4.98 Å². The fourth-order valence-corrected chi connectivity index (χ4v) is 3.80. The van der Waals surface area contributed by atoms with E-state index in [1.807, 2.05) is 19.1 Å². The average Bonchev–Trinajstić information content (AvgIpc) is 2.63. The highest BCUT2D eigenvalue weighted by atomic mass is 35.5. The molecule has 1 aliphatic heterocycles. The summed E-state index contributed by atoms with van der Waals surface area (Å²) in [7, 11) is 0. The number of aliphatic hydroxyl groups is 1. The third-order valence-electron chi connectivity index (χ3n) is 5.30. The van der Waals surface area contributed by atoms with E-state index in [9.17, 15) is 5.11 Å². The van der Waals surface area contributed by atoms with Gasteiger partial charge in [0.05, 0.1) is 17.8 Å². The molecule has 0 bridgehead atoms. The zero-order valence-electron chi connectivity index (χ0n) is 14.9. The minimum Gasteiger partial charge on any atom is -0.396 e. The van der Waals surface area contributed by atoms with E-state index in [1.165, 1.54) is 0 Å². The summed E-state index contributed by atoms with van der Waals surface area (Å²) in [4.78, 5) is 9.26. The summed E-state index contributed by atoms with van der Waals surface area (Å²) < 4.78 is 0. The first-order chi connectivity index (χ1) is 11.9. The van der Waals surface area contributed by atoms with Crippen molar-refractivity contribution in [2.45, 2.75) is 33.6 Å². The van der Waals surface area contributed by atoms with E-state index < -0.39 is 0 Å². The Morgan fingerprint density at radius 2 is 2.20 bits per heavy atom. The Bertz CT molecular complexity index is 836. The van der Waals surface area contributed by atoms with Gasteiger partial charge in [-0.3, -0.25) is 4.99 Å². The van der Waals surface area contributed by atoms with Crippen molar-refractivity contribution in [3.63, 3.8) is 0 Å². The van der Waals surface area contributed by atoms with Crippen molar-refractivity contribution < 1.29 is 5.11 Å². The molecule has 3 rings (SSSR count). The van der Waals surface area contributed by atoms with Crippen molar-refractivity contribution in [3.8, 4) is 0 Å². The molecule has 0 aliphatic carbocycles. The van der Waals surface area contributed by atoms with Gasteiger partial charge in [-0.15, -0.1) is 0 Å². The maximum absolute atomic E-state index is 10.1. The molecule has 0 amide bonds. The van der Waals surface area contributed by atoms with Crippen LogP contribution in [0.1, 0.15) is 33.6 Å². The number of nitrogens with zero attached hydrogens (tertiary/aromatic N) is 2. The Morgan fingerprint density at radius 3 is 2.88 bits per heavy atom. The molecular weight excluding hydrogens is 336 g/mol. The van der Waals surface area contributed by atoms with Crippen LogP contribution in [0.3, 0.4) is 0 Å². The lowest BCUT2D eigenvalue weighted by atomic mass is 9.73. The molecule has 1 aromatic carbocycles. The number of fused-ring (bicyclic) bond motifs is 3. The minimum absolute atomic E-state index is 0.117. The number of anilines is 2. The number of hydrogen-bond donors (Lipinski definition) is 3. The number of aliphatic hydroxyl groups excluding tert-OH is 1. The highest BCUT2D eigenvalue weighted by Gasteiger charge is 2.34. The molecule has 6 heteroatoms. The van der Waals surface area contributed by atoms with Gasteiger partial charge in [0.15, 0.2) is 5.82 Å². The minimum atomic E-state index is -0.246. The molecule has 1 aliphatic rings. The van der Waals surface area contributed by atoms with E-state index in [1.54, 1.807) is 6.07 Å². The van der Waals surface area contributed by atoms with Crippen molar-refractivity contribution >= 4 is 45.4 Å². The van der Waals surface area contributed by atoms with Gasteiger partial charge in [-0.2, -0.15) is 0 Å². The number of hydrogen-bond acceptors (Lipinski definition) is 5. The number of nitrogens with one attached hydrogen (secondary N) is 1. The van der Waals surface area contributed by atoms with Crippen LogP contribution < -0.4 is 11.1 Å². The predicted molar refractivity (Wildman–Crippen MR) is 106 cm³/mol. The van der Waals surface area contributed by atoms with E-state index in [0.717, 1.165) is 35.1 Å². The third kappa shape index (κ3) is 3.31. The van der Waals surface area contributed by atoms with Gasteiger partial charge in [0.25, 0.3) is 0 Å². The first-order valence-electron chi connectivity index (χ1n) is 8.65. The van der Waals surface area contributed by atoms with Gasteiger partial charge in [0.2, 0.25) is 0 Å². The Kier molecular flexibility index (Phi) is 4.89. The number of nitrogen functional groups attached to an aromatic ring is 1. The number of pyridine rings is 1.